The highest BCUT2D eigenvalue weighted by Gasteiger charge is 2.60. The average Bonchev–Trinajstić information content (AvgIpc) is 2.97. The molecule has 3 aliphatic rings. The molecule has 212 valence electrons. The second-order valence-electron chi connectivity index (χ2n) is 11.6. The molecule has 2 atom stereocenters. The zero-order valence-electron chi connectivity index (χ0n) is 23.6. The molecule has 1 aliphatic heterocycles. The zero-order chi connectivity index (χ0) is 28.0. The molecule has 0 amide bonds. The summed E-state index contributed by atoms with van der Waals surface area (Å²) in [4.78, 5) is 0.118. The molecule has 2 fully saturated rings. The number of aryl methyl sites for hydroxylation is 1. The van der Waals surface area contributed by atoms with Crippen LogP contribution in [0.15, 0.2) is 65.6 Å². The Hall–Kier alpha value is -3.19. The van der Waals surface area contributed by atoms with Gasteiger partial charge in [0.15, 0.2) is 5.75 Å². The van der Waals surface area contributed by atoms with Gasteiger partial charge in [0, 0.05) is 34.6 Å². The summed E-state index contributed by atoms with van der Waals surface area (Å²) < 4.78 is 51.4. The molecule has 0 radical (unpaired) electrons. The molecule has 0 N–H and O–H groups in total. The second-order valence-corrected chi connectivity index (χ2v) is 13.1. The van der Waals surface area contributed by atoms with E-state index in [4.69, 9.17) is 18.4 Å². The van der Waals surface area contributed by atoms with Crippen LogP contribution in [0.3, 0.4) is 0 Å². The van der Waals surface area contributed by atoms with Gasteiger partial charge in [-0.2, -0.15) is 8.42 Å². The van der Waals surface area contributed by atoms with E-state index in [1.54, 1.807) is 44.6 Å². The molecule has 6 nitrogen and oxygen atoms in total. The fraction of sp³-hybridized carbons (Fsp3) is 0.455. The zero-order valence-corrected chi connectivity index (χ0v) is 24.4. The van der Waals surface area contributed by atoms with Crippen molar-refractivity contribution in [3.63, 3.8) is 0 Å². The molecule has 3 aromatic carbocycles. The quantitative estimate of drug-likeness (QED) is 0.291. The number of hydrogen-bond donors (Lipinski definition) is 0. The lowest BCUT2D eigenvalue weighted by Crippen LogP contribution is -2.57. The highest BCUT2D eigenvalue weighted by Crippen LogP contribution is 2.64. The minimum absolute atomic E-state index is 0.0500. The smallest absolute Gasteiger partial charge is 0.339 e. The molecule has 1 heterocycles. The number of ether oxygens (including phenoxy) is 3. The summed E-state index contributed by atoms with van der Waals surface area (Å²) in [5.74, 6) is 2.58. The van der Waals surface area contributed by atoms with Gasteiger partial charge in [-0.1, -0.05) is 49.4 Å². The molecule has 6 rings (SSSR count). The molecule has 0 aromatic heterocycles. The van der Waals surface area contributed by atoms with Crippen LogP contribution in [-0.4, -0.2) is 22.6 Å². The first-order chi connectivity index (χ1) is 19.3. The minimum atomic E-state index is -4.09. The number of methoxy groups -OCH3 is 2. The summed E-state index contributed by atoms with van der Waals surface area (Å²) >= 11 is 0. The highest BCUT2D eigenvalue weighted by atomic mass is 32.2. The van der Waals surface area contributed by atoms with Crippen LogP contribution in [0.2, 0.25) is 0 Å². The highest BCUT2D eigenvalue weighted by molar-refractivity contribution is 7.87. The van der Waals surface area contributed by atoms with Crippen LogP contribution in [-0.2, 0) is 21.1 Å². The van der Waals surface area contributed by atoms with Crippen LogP contribution in [0.5, 0.6) is 23.0 Å². The van der Waals surface area contributed by atoms with E-state index >= 15 is 0 Å². The van der Waals surface area contributed by atoms with Crippen molar-refractivity contribution >= 4 is 10.1 Å². The molecule has 7 heteroatoms. The normalized spacial score (nSPS) is 23.4. The Balaban J connectivity index is 1.54. The van der Waals surface area contributed by atoms with Crippen molar-refractivity contribution < 1.29 is 26.8 Å². The van der Waals surface area contributed by atoms with Crippen molar-refractivity contribution in [3.05, 3.63) is 77.4 Å². The number of hydrogen-bond acceptors (Lipinski definition) is 6. The molecular weight excluding hydrogens is 524 g/mol. The van der Waals surface area contributed by atoms with Gasteiger partial charge < -0.3 is 18.4 Å². The van der Waals surface area contributed by atoms with Crippen LogP contribution in [0, 0.1) is 12.8 Å². The fourth-order valence-corrected chi connectivity index (χ4v) is 8.53. The molecular formula is C33H38O6S. The maximum absolute atomic E-state index is 13.6. The third kappa shape index (κ3) is 4.43. The monoisotopic (exact) mass is 562 g/mol. The lowest BCUT2D eigenvalue weighted by Gasteiger charge is -2.58. The predicted molar refractivity (Wildman–Crippen MR) is 154 cm³/mol. The van der Waals surface area contributed by atoms with E-state index in [1.165, 1.54) is 24.8 Å². The predicted octanol–water partition coefficient (Wildman–Crippen LogP) is 7.46. The Kier molecular flexibility index (Phi) is 6.97. The summed E-state index contributed by atoms with van der Waals surface area (Å²) in [7, 11) is -0.846. The molecule has 2 aliphatic carbocycles. The summed E-state index contributed by atoms with van der Waals surface area (Å²) in [6, 6.07) is 18.5. The maximum Gasteiger partial charge on any atom is 0.339 e. The van der Waals surface area contributed by atoms with Crippen molar-refractivity contribution in [3.8, 4) is 23.0 Å². The van der Waals surface area contributed by atoms with Crippen LogP contribution < -0.4 is 18.4 Å². The molecule has 3 aromatic rings. The summed E-state index contributed by atoms with van der Waals surface area (Å²) in [5.41, 5.74) is 2.23. The first-order valence-corrected chi connectivity index (χ1v) is 15.8. The molecule has 0 saturated heterocycles. The van der Waals surface area contributed by atoms with Crippen molar-refractivity contribution in [2.75, 3.05) is 14.2 Å². The Bertz CT molecular complexity index is 1490. The molecule has 40 heavy (non-hydrogen) atoms. The first-order valence-electron chi connectivity index (χ1n) is 14.4. The van der Waals surface area contributed by atoms with Gasteiger partial charge in [-0.3, -0.25) is 0 Å². The van der Waals surface area contributed by atoms with Gasteiger partial charge in [0.05, 0.1) is 14.2 Å². The summed E-state index contributed by atoms with van der Waals surface area (Å²) in [5, 5.41) is 0. The largest absolute Gasteiger partial charge is 0.497 e. The standard InChI is InChI=1S/C33H38O6S/c1-23-10-14-26(15-11-23)40(34,35)39-30-22-25(37-3)13-17-28(30)33-20-8-5-9-31(33)32(18-6-4-7-19-32)27-16-12-24(36-2)21-29(27)38-33/h10-17,21-22,31H,4-9,18-20H2,1-3H3/t31-,33-/m1/s1. The van der Waals surface area contributed by atoms with Crippen LogP contribution in [0.1, 0.15) is 74.5 Å². The fourth-order valence-electron chi connectivity index (χ4n) is 7.59. The summed E-state index contributed by atoms with van der Waals surface area (Å²) in [6.07, 6.45) is 9.67. The van der Waals surface area contributed by atoms with E-state index < -0.39 is 15.7 Å². The van der Waals surface area contributed by atoms with Crippen LogP contribution in [0.25, 0.3) is 0 Å². The minimum Gasteiger partial charge on any atom is -0.497 e. The van der Waals surface area contributed by atoms with E-state index in [0.717, 1.165) is 61.2 Å². The van der Waals surface area contributed by atoms with Crippen molar-refractivity contribution in [1.82, 2.24) is 0 Å². The number of fused-ring (bicyclic) bond motifs is 4. The number of benzene rings is 3. The molecule has 2 saturated carbocycles. The Morgan fingerprint density at radius 2 is 1.43 bits per heavy atom. The number of rotatable bonds is 6. The van der Waals surface area contributed by atoms with Gasteiger partial charge in [0.1, 0.15) is 27.7 Å². The van der Waals surface area contributed by atoms with Gasteiger partial charge >= 0.3 is 10.1 Å². The van der Waals surface area contributed by atoms with Crippen molar-refractivity contribution in [2.45, 2.75) is 80.6 Å². The van der Waals surface area contributed by atoms with Gasteiger partial charge in [0.25, 0.3) is 0 Å². The van der Waals surface area contributed by atoms with E-state index in [9.17, 15) is 8.42 Å². The second kappa shape index (κ2) is 10.3. The van der Waals surface area contributed by atoms with Crippen LogP contribution >= 0.6 is 0 Å². The topological polar surface area (TPSA) is 71.1 Å². The van der Waals surface area contributed by atoms with E-state index in [-0.39, 0.29) is 22.0 Å². The van der Waals surface area contributed by atoms with Crippen molar-refractivity contribution in [2.24, 2.45) is 5.92 Å². The van der Waals surface area contributed by atoms with Gasteiger partial charge in [-0.05, 0) is 69.4 Å². The van der Waals surface area contributed by atoms with Gasteiger partial charge in [0.2, 0.25) is 0 Å². The van der Waals surface area contributed by atoms with Crippen molar-refractivity contribution in [1.29, 1.82) is 0 Å². The molecule has 1 spiro atoms. The van der Waals surface area contributed by atoms with E-state index in [0.29, 0.717) is 5.75 Å². The average molecular weight is 563 g/mol. The Morgan fingerprint density at radius 1 is 0.775 bits per heavy atom. The lowest BCUT2D eigenvalue weighted by atomic mass is 9.51. The maximum atomic E-state index is 13.6. The SMILES string of the molecule is COc1ccc2c(c1)O[C@@]1(c3ccc(OC)cc3OS(=O)(=O)c3ccc(C)cc3)CCCC[C@@H]1C21CCCCC1. The van der Waals surface area contributed by atoms with Crippen LogP contribution in [0.4, 0.5) is 0 Å². The lowest BCUT2D eigenvalue weighted by molar-refractivity contribution is -0.0956. The van der Waals surface area contributed by atoms with Gasteiger partial charge in [-0.25, -0.2) is 0 Å². The third-order valence-electron chi connectivity index (χ3n) is 9.44. The Morgan fingerprint density at radius 3 is 2.12 bits per heavy atom. The summed E-state index contributed by atoms with van der Waals surface area (Å²) in [6.45, 7) is 1.92. The van der Waals surface area contributed by atoms with E-state index in [2.05, 4.69) is 6.07 Å². The third-order valence-corrected chi connectivity index (χ3v) is 10.7. The first kappa shape index (κ1) is 27.0. The van der Waals surface area contributed by atoms with E-state index in [1.807, 2.05) is 31.2 Å². The Labute approximate surface area is 237 Å². The van der Waals surface area contributed by atoms with Gasteiger partial charge in [-0.15, -0.1) is 0 Å². The molecule has 0 unspecified atom stereocenters. The molecule has 0 bridgehead atoms.